The Morgan fingerprint density at radius 3 is 2.83 bits per heavy atom. The van der Waals surface area contributed by atoms with Gasteiger partial charge in [0.05, 0.1) is 11.8 Å². The Hall–Kier alpha value is -3.73. The van der Waals surface area contributed by atoms with Crippen LogP contribution in [0.1, 0.15) is 30.9 Å². The number of amides is 1. The second kappa shape index (κ2) is 12.3. The first kappa shape index (κ1) is 25.4. The number of aryl methyl sites for hydroxylation is 1. The summed E-state index contributed by atoms with van der Waals surface area (Å²) in [5.74, 6) is 0.297. The van der Waals surface area contributed by atoms with Crippen molar-refractivity contribution in [1.82, 2.24) is 20.2 Å². The number of halogens is 2. The smallest absolute Gasteiger partial charge is 0.418 e. The minimum atomic E-state index is -2.72. The molecule has 0 bridgehead atoms. The molecule has 1 aromatic heterocycles. The monoisotopic (exact) mass is 499 g/mol. The summed E-state index contributed by atoms with van der Waals surface area (Å²) < 4.78 is 32.1. The summed E-state index contributed by atoms with van der Waals surface area (Å²) in [5, 5.41) is 9.52. The van der Waals surface area contributed by atoms with Crippen LogP contribution >= 0.6 is 0 Å². The minimum Gasteiger partial charge on any atom is -0.418 e. The average Bonchev–Trinajstić information content (AvgIpc) is 3.11. The van der Waals surface area contributed by atoms with E-state index in [0.717, 1.165) is 55.7 Å². The lowest BCUT2D eigenvalue weighted by Crippen LogP contribution is -2.43. The number of nitrogens with zero attached hydrogens (tertiary/aromatic N) is 4. The number of aromatic nitrogens is 2. The summed E-state index contributed by atoms with van der Waals surface area (Å²) in [7, 11) is 0. The van der Waals surface area contributed by atoms with Crippen LogP contribution in [0, 0.1) is 0 Å². The SMILES string of the molecule is CCc1cc(N2CCNCC2)ccc1Nc1ncc(C(F)F)c(NCCCN2C=CC=COC2=O)n1. The van der Waals surface area contributed by atoms with Crippen molar-refractivity contribution >= 4 is 29.2 Å². The molecule has 9 nitrogen and oxygen atoms in total. The molecule has 2 aromatic rings. The van der Waals surface area contributed by atoms with Crippen LogP contribution in [0.2, 0.25) is 0 Å². The van der Waals surface area contributed by atoms with Crippen molar-refractivity contribution in [2.45, 2.75) is 26.2 Å². The van der Waals surface area contributed by atoms with Crippen molar-refractivity contribution in [3.63, 3.8) is 0 Å². The minimum absolute atomic E-state index is 0.0636. The molecule has 0 radical (unpaired) electrons. The number of allylic oxidation sites excluding steroid dienone is 2. The first-order valence-corrected chi connectivity index (χ1v) is 12.1. The van der Waals surface area contributed by atoms with E-state index in [2.05, 4.69) is 49.9 Å². The summed E-state index contributed by atoms with van der Waals surface area (Å²) >= 11 is 0. The van der Waals surface area contributed by atoms with Crippen molar-refractivity contribution < 1.29 is 18.3 Å². The van der Waals surface area contributed by atoms with Crippen LogP contribution in [0.25, 0.3) is 0 Å². The summed E-state index contributed by atoms with van der Waals surface area (Å²) in [4.78, 5) is 24.1. The molecule has 0 atom stereocenters. The quantitative estimate of drug-likeness (QED) is 0.414. The summed E-state index contributed by atoms with van der Waals surface area (Å²) in [6, 6.07) is 6.19. The molecule has 2 aliphatic heterocycles. The maximum Gasteiger partial charge on any atom is 0.418 e. The van der Waals surface area contributed by atoms with Gasteiger partial charge in [-0.1, -0.05) is 6.92 Å². The van der Waals surface area contributed by atoms with Crippen molar-refractivity contribution in [3.05, 3.63) is 60.1 Å². The number of hydrogen-bond acceptors (Lipinski definition) is 8. The number of piperazine rings is 1. The Labute approximate surface area is 209 Å². The van der Waals surface area contributed by atoms with Crippen LogP contribution in [-0.4, -0.2) is 60.2 Å². The molecule has 192 valence electrons. The summed E-state index contributed by atoms with van der Waals surface area (Å²) in [6.07, 6.45) is 5.46. The van der Waals surface area contributed by atoms with E-state index in [1.807, 2.05) is 6.07 Å². The third-order valence-electron chi connectivity index (χ3n) is 5.98. The van der Waals surface area contributed by atoms with Gasteiger partial charge in [0.25, 0.3) is 6.43 Å². The van der Waals surface area contributed by atoms with Crippen molar-refractivity contribution in [2.24, 2.45) is 0 Å². The van der Waals surface area contributed by atoms with Gasteiger partial charge in [0.2, 0.25) is 5.95 Å². The molecular formula is C25H31F2N7O2. The van der Waals surface area contributed by atoms with E-state index < -0.39 is 12.5 Å². The average molecular weight is 500 g/mol. The summed E-state index contributed by atoms with van der Waals surface area (Å²) in [5.41, 5.74) is 2.82. The molecule has 11 heteroatoms. The van der Waals surface area contributed by atoms with Crippen LogP contribution < -0.4 is 20.9 Å². The standard InChI is InChI=1S/C25H31F2N7O2/c1-2-18-16-19(33-13-9-28-10-14-33)6-7-21(18)31-24-30-17-20(22(26)27)23(32-24)29-8-5-12-34-11-3-4-15-36-25(34)35/h3-4,6-7,11,15-17,22,28H,2,5,8-10,12-14H2,1H3,(H2,29,30,31,32). The van der Waals surface area contributed by atoms with E-state index in [9.17, 15) is 13.6 Å². The highest BCUT2D eigenvalue weighted by atomic mass is 19.3. The van der Waals surface area contributed by atoms with Gasteiger partial charge < -0.3 is 25.6 Å². The van der Waals surface area contributed by atoms with Crippen molar-refractivity contribution in [3.8, 4) is 0 Å². The molecule has 1 amide bonds. The highest BCUT2D eigenvalue weighted by Crippen LogP contribution is 2.29. The van der Waals surface area contributed by atoms with Crippen LogP contribution in [0.5, 0.6) is 0 Å². The third kappa shape index (κ3) is 6.48. The lowest BCUT2D eigenvalue weighted by molar-refractivity contribution is 0.151. The van der Waals surface area contributed by atoms with E-state index in [1.54, 1.807) is 18.4 Å². The van der Waals surface area contributed by atoms with Gasteiger partial charge in [-0.3, -0.25) is 4.90 Å². The lowest BCUT2D eigenvalue weighted by Gasteiger charge is -2.30. The number of benzene rings is 1. The molecule has 4 rings (SSSR count). The largest absolute Gasteiger partial charge is 0.418 e. The predicted octanol–water partition coefficient (Wildman–Crippen LogP) is 4.41. The van der Waals surface area contributed by atoms with Gasteiger partial charge in [-0.25, -0.2) is 18.6 Å². The van der Waals surface area contributed by atoms with Gasteiger partial charge in [-0.2, -0.15) is 4.98 Å². The molecule has 0 saturated carbocycles. The van der Waals surface area contributed by atoms with E-state index in [-0.39, 0.29) is 17.3 Å². The number of rotatable bonds is 10. The Bertz CT molecular complexity index is 1100. The number of nitrogens with one attached hydrogen (secondary N) is 3. The van der Waals surface area contributed by atoms with Crippen molar-refractivity contribution in [1.29, 1.82) is 0 Å². The number of hydrogen-bond donors (Lipinski definition) is 3. The van der Waals surface area contributed by atoms with Crippen LogP contribution in [0.15, 0.2) is 49.0 Å². The first-order chi connectivity index (χ1) is 17.5. The Kier molecular flexibility index (Phi) is 8.66. The molecule has 1 saturated heterocycles. The molecule has 1 aromatic carbocycles. The Morgan fingerprint density at radius 1 is 1.22 bits per heavy atom. The van der Waals surface area contributed by atoms with Gasteiger partial charge in [0.15, 0.2) is 0 Å². The number of alkyl halides is 2. The fraction of sp³-hybridized carbons (Fsp3) is 0.400. The van der Waals surface area contributed by atoms with Gasteiger partial charge in [0.1, 0.15) is 5.82 Å². The van der Waals surface area contributed by atoms with Gasteiger partial charge in [-0.05, 0) is 48.8 Å². The fourth-order valence-corrected chi connectivity index (χ4v) is 4.03. The molecule has 0 aliphatic carbocycles. The van der Waals surface area contributed by atoms with Gasteiger partial charge in [0, 0.05) is 63.0 Å². The lowest BCUT2D eigenvalue weighted by atomic mass is 10.1. The van der Waals surface area contributed by atoms with E-state index in [1.165, 1.54) is 11.2 Å². The second-order valence-electron chi connectivity index (χ2n) is 8.38. The zero-order valence-corrected chi connectivity index (χ0v) is 20.2. The Balaban J connectivity index is 1.42. The molecule has 3 N–H and O–H groups in total. The fourth-order valence-electron chi connectivity index (χ4n) is 4.03. The third-order valence-corrected chi connectivity index (χ3v) is 5.98. The zero-order chi connectivity index (χ0) is 25.3. The number of cyclic esters (lactones) is 1. The maximum absolute atomic E-state index is 13.6. The summed E-state index contributed by atoms with van der Waals surface area (Å²) in [6.45, 7) is 6.59. The zero-order valence-electron chi connectivity index (χ0n) is 20.2. The number of carbonyl (C=O) groups is 1. The van der Waals surface area contributed by atoms with Gasteiger partial charge in [-0.15, -0.1) is 0 Å². The topological polar surface area (TPSA) is 94.6 Å². The van der Waals surface area contributed by atoms with E-state index in [4.69, 9.17) is 4.74 Å². The van der Waals surface area contributed by atoms with Crippen molar-refractivity contribution in [2.75, 3.05) is 54.8 Å². The maximum atomic E-state index is 13.6. The normalized spacial score (nSPS) is 15.7. The highest BCUT2D eigenvalue weighted by Gasteiger charge is 2.18. The predicted molar refractivity (Wildman–Crippen MR) is 136 cm³/mol. The number of ether oxygens (including phenoxy) is 1. The Morgan fingerprint density at radius 2 is 2.06 bits per heavy atom. The molecule has 0 spiro atoms. The van der Waals surface area contributed by atoms with Crippen LogP contribution in [-0.2, 0) is 11.2 Å². The van der Waals surface area contributed by atoms with E-state index in [0.29, 0.717) is 19.5 Å². The molecule has 0 unspecified atom stereocenters. The first-order valence-electron chi connectivity index (χ1n) is 12.1. The molecule has 36 heavy (non-hydrogen) atoms. The molecule has 1 fully saturated rings. The van der Waals surface area contributed by atoms with E-state index >= 15 is 0 Å². The molecular weight excluding hydrogens is 468 g/mol. The number of anilines is 4. The molecule has 2 aliphatic rings. The number of carbonyl (C=O) groups excluding carboxylic acids is 1. The van der Waals surface area contributed by atoms with Crippen LogP contribution in [0.4, 0.5) is 36.7 Å². The van der Waals surface area contributed by atoms with Gasteiger partial charge >= 0.3 is 6.09 Å². The van der Waals surface area contributed by atoms with Crippen LogP contribution in [0.3, 0.4) is 0 Å². The second-order valence-corrected chi connectivity index (χ2v) is 8.38. The highest BCUT2D eigenvalue weighted by molar-refractivity contribution is 5.70. The molecule has 3 heterocycles.